The maximum Gasteiger partial charge on any atom is 0.159 e. The lowest BCUT2D eigenvalue weighted by Crippen LogP contribution is -2.19. The van der Waals surface area contributed by atoms with Gasteiger partial charge in [-0.3, -0.25) is 0 Å². The number of hydrogen-bond donors (Lipinski definition) is 1. The molecule has 20 heavy (non-hydrogen) atoms. The third-order valence-corrected chi connectivity index (χ3v) is 3.37. The lowest BCUT2D eigenvalue weighted by Gasteiger charge is -2.15. The maximum absolute atomic E-state index is 13.7. The van der Waals surface area contributed by atoms with Crippen molar-refractivity contribution in [3.8, 4) is 0 Å². The molecule has 1 N–H and O–H groups in total. The van der Waals surface area contributed by atoms with Crippen LogP contribution in [0.15, 0.2) is 36.4 Å². The predicted molar refractivity (Wildman–Crippen MR) is 73.0 cm³/mol. The summed E-state index contributed by atoms with van der Waals surface area (Å²) in [5.74, 6) is -2.26. The SMILES string of the molecule is CC(NCc1cccc(Cl)c1F)c1ccc(F)c(F)c1. The van der Waals surface area contributed by atoms with E-state index in [0.29, 0.717) is 11.1 Å². The Morgan fingerprint density at radius 1 is 1.10 bits per heavy atom. The Morgan fingerprint density at radius 3 is 2.55 bits per heavy atom. The molecule has 0 saturated carbocycles. The molecule has 106 valence electrons. The van der Waals surface area contributed by atoms with Crippen LogP contribution in [0.1, 0.15) is 24.1 Å². The average Bonchev–Trinajstić information content (AvgIpc) is 2.43. The molecule has 2 aromatic rings. The highest BCUT2D eigenvalue weighted by molar-refractivity contribution is 6.30. The van der Waals surface area contributed by atoms with Gasteiger partial charge in [-0.2, -0.15) is 0 Å². The van der Waals surface area contributed by atoms with E-state index in [9.17, 15) is 13.2 Å². The van der Waals surface area contributed by atoms with Gasteiger partial charge in [0.1, 0.15) is 5.82 Å². The van der Waals surface area contributed by atoms with Crippen LogP contribution in [0.25, 0.3) is 0 Å². The largest absolute Gasteiger partial charge is 0.306 e. The fourth-order valence-corrected chi connectivity index (χ4v) is 2.04. The molecule has 0 aliphatic rings. The van der Waals surface area contributed by atoms with Crippen molar-refractivity contribution < 1.29 is 13.2 Å². The number of hydrogen-bond acceptors (Lipinski definition) is 1. The monoisotopic (exact) mass is 299 g/mol. The molecule has 5 heteroatoms. The molecule has 1 nitrogen and oxygen atoms in total. The first kappa shape index (κ1) is 14.9. The number of halogens is 4. The van der Waals surface area contributed by atoms with E-state index < -0.39 is 17.5 Å². The van der Waals surface area contributed by atoms with Gasteiger partial charge in [-0.05, 0) is 30.7 Å². The highest BCUT2D eigenvalue weighted by Gasteiger charge is 2.11. The van der Waals surface area contributed by atoms with E-state index in [0.717, 1.165) is 12.1 Å². The van der Waals surface area contributed by atoms with E-state index in [1.165, 1.54) is 12.1 Å². The van der Waals surface area contributed by atoms with Crippen LogP contribution in [0.4, 0.5) is 13.2 Å². The zero-order chi connectivity index (χ0) is 14.7. The summed E-state index contributed by atoms with van der Waals surface area (Å²) in [7, 11) is 0. The second-order valence-electron chi connectivity index (χ2n) is 4.49. The summed E-state index contributed by atoms with van der Waals surface area (Å²) in [6, 6.07) is 8.19. The molecule has 1 atom stereocenters. The second-order valence-corrected chi connectivity index (χ2v) is 4.90. The van der Waals surface area contributed by atoms with Crippen molar-refractivity contribution in [2.75, 3.05) is 0 Å². The quantitative estimate of drug-likeness (QED) is 0.869. The third-order valence-electron chi connectivity index (χ3n) is 3.07. The molecule has 2 aromatic carbocycles. The molecule has 2 rings (SSSR count). The molecular weight excluding hydrogens is 287 g/mol. The van der Waals surface area contributed by atoms with Gasteiger partial charge in [-0.1, -0.05) is 29.8 Å². The minimum atomic E-state index is -0.898. The van der Waals surface area contributed by atoms with Crippen molar-refractivity contribution in [3.63, 3.8) is 0 Å². The summed E-state index contributed by atoms with van der Waals surface area (Å²) in [6.07, 6.45) is 0. The van der Waals surface area contributed by atoms with Crippen molar-refractivity contribution in [1.82, 2.24) is 5.32 Å². The summed E-state index contributed by atoms with van der Waals surface area (Å²) in [6.45, 7) is 2.03. The smallest absolute Gasteiger partial charge is 0.159 e. The van der Waals surface area contributed by atoms with Gasteiger partial charge >= 0.3 is 0 Å². The molecule has 0 spiro atoms. The number of nitrogens with one attached hydrogen (secondary N) is 1. The first-order valence-electron chi connectivity index (χ1n) is 6.10. The van der Waals surface area contributed by atoms with Crippen LogP contribution in [0.2, 0.25) is 5.02 Å². The molecule has 0 amide bonds. The van der Waals surface area contributed by atoms with Crippen molar-refractivity contribution in [3.05, 3.63) is 70.0 Å². The Kier molecular flexibility index (Phi) is 4.68. The van der Waals surface area contributed by atoms with Gasteiger partial charge in [0.15, 0.2) is 11.6 Å². The van der Waals surface area contributed by atoms with Crippen LogP contribution in [-0.4, -0.2) is 0 Å². The van der Waals surface area contributed by atoms with E-state index in [2.05, 4.69) is 5.32 Å². The number of benzene rings is 2. The van der Waals surface area contributed by atoms with Gasteiger partial charge in [-0.25, -0.2) is 13.2 Å². The molecule has 0 aliphatic heterocycles. The molecule has 0 heterocycles. The predicted octanol–water partition coefficient (Wildman–Crippen LogP) is 4.61. The summed E-state index contributed by atoms with van der Waals surface area (Å²) < 4.78 is 39.7. The van der Waals surface area contributed by atoms with Crippen molar-refractivity contribution in [1.29, 1.82) is 0 Å². The van der Waals surface area contributed by atoms with Gasteiger partial charge < -0.3 is 5.32 Å². The molecular formula is C15H13ClF3N. The van der Waals surface area contributed by atoms with Crippen molar-refractivity contribution in [2.24, 2.45) is 0 Å². The molecule has 0 radical (unpaired) electrons. The average molecular weight is 300 g/mol. The Labute approximate surface area is 120 Å². The highest BCUT2D eigenvalue weighted by Crippen LogP contribution is 2.20. The molecule has 0 saturated heterocycles. The van der Waals surface area contributed by atoms with E-state index >= 15 is 0 Å². The van der Waals surface area contributed by atoms with Crippen LogP contribution < -0.4 is 5.32 Å². The lowest BCUT2D eigenvalue weighted by molar-refractivity contribution is 0.499. The normalized spacial score (nSPS) is 12.4. The summed E-state index contributed by atoms with van der Waals surface area (Å²) in [5.41, 5.74) is 1.01. The minimum Gasteiger partial charge on any atom is -0.306 e. The Morgan fingerprint density at radius 2 is 1.85 bits per heavy atom. The standard InChI is InChI=1S/C15H13ClF3N/c1-9(10-5-6-13(17)14(18)7-10)20-8-11-3-2-4-12(16)15(11)19/h2-7,9,20H,8H2,1H3. The van der Waals surface area contributed by atoms with Gasteiger partial charge in [0.25, 0.3) is 0 Å². The zero-order valence-corrected chi connectivity index (χ0v) is 11.5. The topological polar surface area (TPSA) is 12.0 Å². The molecule has 0 fully saturated rings. The van der Waals surface area contributed by atoms with Crippen molar-refractivity contribution >= 4 is 11.6 Å². The van der Waals surface area contributed by atoms with E-state index in [1.807, 2.05) is 0 Å². The molecule has 0 bridgehead atoms. The fraction of sp³-hybridized carbons (Fsp3) is 0.200. The summed E-state index contributed by atoms with van der Waals surface area (Å²) in [4.78, 5) is 0. The third kappa shape index (κ3) is 3.32. The maximum atomic E-state index is 13.7. The fourth-order valence-electron chi connectivity index (χ4n) is 1.85. The highest BCUT2D eigenvalue weighted by atomic mass is 35.5. The summed E-state index contributed by atoms with van der Waals surface area (Å²) >= 11 is 5.69. The Hall–Kier alpha value is -1.52. The van der Waals surface area contributed by atoms with Crippen LogP contribution in [0.5, 0.6) is 0 Å². The second kappa shape index (κ2) is 6.29. The van der Waals surface area contributed by atoms with Gasteiger partial charge in [0, 0.05) is 18.2 Å². The lowest BCUT2D eigenvalue weighted by atomic mass is 10.1. The first-order chi connectivity index (χ1) is 9.49. The molecule has 0 aliphatic carbocycles. The van der Waals surface area contributed by atoms with Crippen molar-refractivity contribution in [2.45, 2.75) is 19.5 Å². The van der Waals surface area contributed by atoms with Gasteiger partial charge in [0.2, 0.25) is 0 Å². The number of rotatable bonds is 4. The minimum absolute atomic E-state index is 0.0600. The van der Waals surface area contributed by atoms with Crippen LogP contribution >= 0.6 is 11.6 Å². The van der Waals surface area contributed by atoms with Gasteiger partial charge in [-0.15, -0.1) is 0 Å². The van der Waals surface area contributed by atoms with E-state index in [1.54, 1.807) is 19.1 Å². The Balaban J connectivity index is 2.06. The first-order valence-corrected chi connectivity index (χ1v) is 6.48. The Bertz CT molecular complexity index is 616. The van der Waals surface area contributed by atoms with E-state index in [4.69, 9.17) is 11.6 Å². The zero-order valence-electron chi connectivity index (χ0n) is 10.8. The van der Waals surface area contributed by atoms with Crippen LogP contribution in [-0.2, 0) is 6.54 Å². The van der Waals surface area contributed by atoms with E-state index in [-0.39, 0.29) is 17.6 Å². The van der Waals surface area contributed by atoms with Crippen LogP contribution in [0.3, 0.4) is 0 Å². The summed E-state index contributed by atoms with van der Waals surface area (Å²) in [5, 5.41) is 3.10. The molecule has 1 unspecified atom stereocenters. The van der Waals surface area contributed by atoms with Crippen LogP contribution in [0, 0.1) is 17.5 Å². The molecule has 0 aromatic heterocycles. The van der Waals surface area contributed by atoms with Gasteiger partial charge in [0.05, 0.1) is 5.02 Å².